The molecule has 90 valence electrons. The molecule has 0 spiro atoms. The molecule has 0 amide bonds. The molecule has 1 heterocycles. The van der Waals surface area contributed by atoms with Crippen LogP contribution in [0.4, 0.5) is 0 Å². The van der Waals surface area contributed by atoms with Crippen LogP contribution in [0.5, 0.6) is 0 Å². The minimum absolute atomic E-state index is 0.256. The first-order valence-corrected chi connectivity index (χ1v) is 5.96. The van der Waals surface area contributed by atoms with E-state index in [4.69, 9.17) is 5.73 Å². The zero-order valence-electron chi connectivity index (χ0n) is 10.6. The van der Waals surface area contributed by atoms with Crippen molar-refractivity contribution in [3.63, 3.8) is 0 Å². The van der Waals surface area contributed by atoms with Gasteiger partial charge in [0.15, 0.2) is 0 Å². The molecule has 0 fully saturated rings. The molecule has 3 heteroatoms. The third kappa shape index (κ3) is 4.29. The quantitative estimate of drug-likeness (QED) is 0.797. The van der Waals surface area contributed by atoms with Crippen LogP contribution >= 0.6 is 0 Å². The highest BCUT2D eigenvalue weighted by molar-refractivity contribution is 5.07. The number of likely N-dealkylation sites (N-methyl/N-ethyl adjacent to an activating group) is 1. The topological polar surface area (TPSA) is 42.1 Å². The average molecular weight is 221 g/mol. The Morgan fingerprint density at radius 2 is 2.25 bits per heavy atom. The standard InChI is InChI=1S/C13H23N3/c1-4-11(2)13(14)10-16(3)9-12-6-5-7-15-8-12/h5-8,11,13H,4,9-10,14H2,1-3H3. The van der Waals surface area contributed by atoms with Gasteiger partial charge < -0.3 is 10.6 Å². The van der Waals surface area contributed by atoms with Gasteiger partial charge in [0.05, 0.1) is 0 Å². The molecule has 1 aromatic rings. The van der Waals surface area contributed by atoms with E-state index in [0.717, 1.165) is 19.5 Å². The summed E-state index contributed by atoms with van der Waals surface area (Å²) in [4.78, 5) is 6.37. The van der Waals surface area contributed by atoms with Crippen molar-refractivity contribution in [3.05, 3.63) is 30.1 Å². The maximum atomic E-state index is 6.13. The molecule has 0 saturated carbocycles. The summed E-state index contributed by atoms with van der Waals surface area (Å²) >= 11 is 0. The van der Waals surface area contributed by atoms with E-state index in [1.807, 2.05) is 12.3 Å². The third-order valence-corrected chi connectivity index (χ3v) is 3.07. The van der Waals surface area contributed by atoms with Gasteiger partial charge in [-0.3, -0.25) is 4.98 Å². The van der Waals surface area contributed by atoms with Gasteiger partial charge in [-0.2, -0.15) is 0 Å². The Hall–Kier alpha value is -0.930. The molecule has 3 nitrogen and oxygen atoms in total. The van der Waals surface area contributed by atoms with Crippen molar-refractivity contribution in [1.82, 2.24) is 9.88 Å². The second-order valence-electron chi connectivity index (χ2n) is 4.61. The molecule has 0 aromatic carbocycles. The maximum absolute atomic E-state index is 6.13. The van der Waals surface area contributed by atoms with Gasteiger partial charge in [-0.1, -0.05) is 26.3 Å². The first-order chi connectivity index (χ1) is 7.63. The van der Waals surface area contributed by atoms with Crippen molar-refractivity contribution in [2.24, 2.45) is 11.7 Å². The van der Waals surface area contributed by atoms with Crippen LogP contribution in [0.1, 0.15) is 25.8 Å². The van der Waals surface area contributed by atoms with Gasteiger partial charge >= 0.3 is 0 Å². The molecule has 1 rings (SSSR count). The second-order valence-corrected chi connectivity index (χ2v) is 4.61. The molecule has 0 radical (unpaired) electrons. The van der Waals surface area contributed by atoms with Crippen LogP contribution in [0, 0.1) is 5.92 Å². The summed E-state index contributed by atoms with van der Waals surface area (Å²) in [7, 11) is 2.11. The van der Waals surface area contributed by atoms with Crippen molar-refractivity contribution < 1.29 is 0 Å². The second kappa shape index (κ2) is 6.61. The molecule has 16 heavy (non-hydrogen) atoms. The van der Waals surface area contributed by atoms with E-state index in [-0.39, 0.29) is 6.04 Å². The van der Waals surface area contributed by atoms with Gasteiger partial charge in [0.25, 0.3) is 0 Å². The molecular weight excluding hydrogens is 198 g/mol. The van der Waals surface area contributed by atoms with Crippen LogP contribution in [0.15, 0.2) is 24.5 Å². The summed E-state index contributed by atoms with van der Waals surface area (Å²) in [5.74, 6) is 0.580. The Labute approximate surface area is 98.7 Å². The molecule has 0 aliphatic rings. The fraction of sp³-hybridized carbons (Fsp3) is 0.615. The molecule has 1 aromatic heterocycles. The van der Waals surface area contributed by atoms with E-state index < -0.39 is 0 Å². The van der Waals surface area contributed by atoms with Crippen molar-refractivity contribution in [1.29, 1.82) is 0 Å². The Balaban J connectivity index is 2.39. The van der Waals surface area contributed by atoms with Crippen LogP contribution < -0.4 is 5.73 Å². The number of rotatable bonds is 6. The SMILES string of the molecule is CCC(C)C(N)CN(C)Cc1cccnc1. The normalized spacial score (nSPS) is 15.1. The summed E-state index contributed by atoms with van der Waals surface area (Å²) < 4.78 is 0. The van der Waals surface area contributed by atoms with Crippen LogP contribution in [-0.2, 0) is 6.54 Å². The molecule has 0 aliphatic heterocycles. The summed E-state index contributed by atoms with van der Waals surface area (Å²) in [6, 6.07) is 4.32. The molecule has 0 bridgehead atoms. The lowest BCUT2D eigenvalue weighted by atomic mass is 10.00. The minimum atomic E-state index is 0.256. The summed E-state index contributed by atoms with van der Waals surface area (Å²) in [5, 5.41) is 0. The third-order valence-electron chi connectivity index (χ3n) is 3.07. The van der Waals surface area contributed by atoms with Crippen LogP contribution in [0.3, 0.4) is 0 Å². The first-order valence-electron chi connectivity index (χ1n) is 5.96. The Morgan fingerprint density at radius 1 is 1.50 bits per heavy atom. The molecule has 0 aliphatic carbocycles. The molecular formula is C13H23N3. The fourth-order valence-corrected chi connectivity index (χ4v) is 1.71. The Bertz CT molecular complexity index is 286. The Morgan fingerprint density at radius 3 is 2.81 bits per heavy atom. The molecule has 2 N–H and O–H groups in total. The zero-order chi connectivity index (χ0) is 12.0. The highest BCUT2D eigenvalue weighted by Gasteiger charge is 2.13. The molecule has 0 saturated heterocycles. The van der Waals surface area contributed by atoms with E-state index in [0.29, 0.717) is 5.92 Å². The van der Waals surface area contributed by atoms with Crippen LogP contribution in [-0.4, -0.2) is 29.5 Å². The van der Waals surface area contributed by atoms with Gasteiger partial charge in [0.2, 0.25) is 0 Å². The Kier molecular flexibility index (Phi) is 5.43. The van der Waals surface area contributed by atoms with Gasteiger partial charge in [-0.15, -0.1) is 0 Å². The molecule has 2 atom stereocenters. The summed E-state index contributed by atoms with van der Waals surface area (Å²) in [6.45, 7) is 6.25. The van der Waals surface area contributed by atoms with Crippen molar-refractivity contribution in [2.75, 3.05) is 13.6 Å². The average Bonchev–Trinajstić information content (AvgIpc) is 2.29. The number of pyridine rings is 1. The van der Waals surface area contributed by atoms with E-state index in [1.165, 1.54) is 5.56 Å². The maximum Gasteiger partial charge on any atom is 0.0312 e. The smallest absolute Gasteiger partial charge is 0.0312 e. The van der Waals surface area contributed by atoms with Gasteiger partial charge in [-0.25, -0.2) is 0 Å². The van der Waals surface area contributed by atoms with Crippen LogP contribution in [0.25, 0.3) is 0 Å². The highest BCUT2D eigenvalue weighted by atomic mass is 15.1. The number of nitrogens with two attached hydrogens (primary N) is 1. The van der Waals surface area contributed by atoms with E-state index in [1.54, 1.807) is 6.20 Å². The lowest BCUT2D eigenvalue weighted by Crippen LogP contribution is -2.39. The minimum Gasteiger partial charge on any atom is -0.326 e. The highest BCUT2D eigenvalue weighted by Crippen LogP contribution is 2.08. The number of aromatic nitrogens is 1. The number of hydrogen-bond acceptors (Lipinski definition) is 3. The van der Waals surface area contributed by atoms with Crippen LogP contribution in [0.2, 0.25) is 0 Å². The summed E-state index contributed by atoms with van der Waals surface area (Å²) in [6.07, 6.45) is 4.85. The van der Waals surface area contributed by atoms with Gasteiger partial charge in [0, 0.05) is 31.5 Å². The molecule has 2 unspecified atom stereocenters. The van der Waals surface area contributed by atoms with Gasteiger partial charge in [-0.05, 0) is 24.6 Å². The summed E-state index contributed by atoms with van der Waals surface area (Å²) in [5.41, 5.74) is 7.36. The lowest BCUT2D eigenvalue weighted by Gasteiger charge is -2.24. The number of nitrogens with zero attached hydrogens (tertiary/aromatic N) is 2. The number of hydrogen-bond donors (Lipinski definition) is 1. The predicted octanol–water partition coefficient (Wildman–Crippen LogP) is 1.89. The van der Waals surface area contributed by atoms with E-state index >= 15 is 0 Å². The first kappa shape index (κ1) is 13.1. The van der Waals surface area contributed by atoms with Gasteiger partial charge in [0.1, 0.15) is 0 Å². The van der Waals surface area contributed by atoms with Crippen molar-refractivity contribution in [3.8, 4) is 0 Å². The lowest BCUT2D eigenvalue weighted by molar-refractivity contribution is 0.267. The van der Waals surface area contributed by atoms with E-state index in [9.17, 15) is 0 Å². The monoisotopic (exact) mass is 221 g/mol. The zero-order valence-corrected chi connectivity index (χ0v) is 10.6. The van der Waals surface area contributed by atoms with E-state index in [2.05, 4.69) is 36.8 Å². The van der Waals surface area contributed by atoms with Crippen molar-refractivity contribution >= 4 is 0 Å². The largest absolute Gasteiger partial charge is 0.326 e. The van der Waals surface area contributed by atoms with Crippen molar-refractivity contribution in [2.45, 2.75) is 32.9 Å². The fourth-order valence-electron chi connectivity index (χ4n) is 1.71. The predicted molar refractivity (Wildman–Crippen MR) is 68.0 cm³/mol.